The van der Waals surface area contributed by atoms with Crippen molar-refractivity contribution < 1.29 is 8.42 Å². The zero-order chi connectivity index (χ0) is 15.6. The zero-order valence-corrected chi connectivity index (χ0v) is 14.2. The van der Waals surface area contributed by atoms with Crippen molar-refractivity contribution in [1.82, 2.24) is 9.62 Å². The molecule has 1 aromatic carbocycles. The summed E-state index contributed by atoms with van der Waals surface area (Å²) in [5.41, 5.74) is 2.09. The largest absolute Gasteiger partial charge is 0.312 e. The van der Waals surface area contributed by atoms with Crippen LogP contribution < -0.4 is 5.32 Å². The lowest BCUT2D eigenvalue weighted by molar-refractivity contribution is 0.337. The molecule has 1 N–H and O–H groups in total. The first-order valence-electron chi connectivity index (χ1n) is 7.63. The van der Waals surface area contributed by atoms with E-state index in [4.69, 9.17) is 0 Å². The summed E-state index contributed by atoms with van der Waals surface area (Å²) in [7, 11) is -1.72. The summed E-state index contributed by atoms with van der Waals surface area (Å²) in [5.74, 6) is 0.478. The molecule has 0 spiro atoms. The van der Waals surface area contributed by atoms with Crippen LogP contribution in [-0.4, -0.2) is 32.4 Å². The van der Waals surface area contributed by atoms with Crippen LogP contribution in [0.25, 0.3) is 0 Å². The highest BCUT2D eigenvalue weighted by molar-refractivity contribution is 7.89. The van der Waals surface area contributed by atoms with Crippen LogP contribution >= 0.6 is 0 Å². The van der Waals surface area contributed by atoms with Gasteiger partial charge in [-0.3, -0.25) is 0 Å². The summed E-state index contributed by atoms with van der Waals surface area (Å²) in [5, 5.41) is 3.29. The Morgan fingerprint density at radius 3 is 2.67 bits per heavy atom. The van der Waals surface area contributed by atoms with Crippen LogP contribution in [-0.2, 0) is 23.0 Å². The molecule has 0 bridgehead atoms. The standard InChI is InChI=1S/C16H26N2O2S/c1-12(2)10-13(3)18(4)21(19,20)16-7-5-6-14-11-17-9-8-15(14)16/h5-7,12-13,17H,8-11H2,1-4H3. The molecule has 4 nitrogen and oxygen atoms in total. The maximum Gasteiger partial charge on any atom is 0.243 e. The topological polar surface area (TPSA) is 49.4 Å². The smallest absolute Gasteiger partial charge is 0.243 e. The monoisotopic (exact) mass is 310 g/mol. The fraction of sp³-hybridized carbons (Fsp3) is 0.625. The van der Waals surface area contributed by atoms with E-state index >= 15 is 0 Å². The van der Waals surface area contributed by atoms with E-state index in [2.05, 4.69) is 19.2 Å². The van der Waals surface area contributed by atoms with Crippen LogP contribution in [0.3, 0.4) is 0 Å². The summed E-state index contributed by atoms with van der Waals surface area (Å²) in [6.07, 6.45) is 1.64. The third-order valence-electron chi connectivity index (χ3n) is 4.19. The highest BCUT2D eigenvalue weighted by Crippen LogP contribution is 2.27. The third-order valence-corrected chi connectivity index (χ3v) is 6.24. The lowest BCUT2D eigenvalue weighted by Gasteiger charge is -2.28. The van der Waals surface area contributed by atoms with Gasteiger partial charge in [0.25, 0.3) is 0 Å². The van der Waals surface area contributed by atoms with E-state index in [1.165, 1.54) is 4.31 Å². The maximum atomic E-state index is 12.9. The van der Waals surface area contributed by atoms with E-state index < -0.39 is 10.0 Å². The van der Waals surface area contributed by atoms with Gasteiger partial charge in [0.2, 0.25) is 10.0 Å². The van der Waals surface area contributed by atoms with Crippen molar-refractivity contribution in [2.45, 2.75) is 51.1 Å². The average Bonchev–Trinajstić information content (AvgIpc) is 2.45. The highest BCUT2D eigenvalue weighted by Gasteiger charge is 2.29. The number of sulfonamides is 1. The van der Waals surface area contributed by atoms with Crippen molar-refractivity contribution in [2.24, 2.45) is 5.92 Å². The molecular formula is C16H26N2O2S. The quantitative estimate of drug-likeness (QED) is 0.908. The van der Waals surface area contributed by atoms with Gasteiger partial charge in [-0.2, -0.15) is 4.31 Å². The Balaban J connectivity index is 2.36. The molecule has 1 aromatic rings. The predicted octanol–water partition coefficient (Wildman–Crippen LogP) is 2.39. The minimum Gasteiger partial charge on any atom is -0.312 e. The predicted molar refractivity (Wildman–Crippen MR) is 85.7 cm³/mol. The second-order valence-corrected chi connectivity index (χ2v) is 8.29. The first kappa shape index (κ1) is 16.5. The van der Waals surface area contributed by atoms with Crippen molar-refractivity contribution in [3.8, 4) is 0 Å². The molecular weight excluding hydrogens is 284 g/mol. The maximum absolute atomic E-state index is 12.9. The van der Waals surface area contributed by atoms with Crippen LogP contribution in [0.2, 0.25) is 0 Å². The molecule has 0 radical (unpaired) electrons. The Morgan fingerprint density at radius 2 is 2.00 bits per heavy atom. The summed E-state index contributed by atoms with van der Waals surface area (Å²) in [6.45, 7) is 7.81. The Morgan fingerprint density at radius 1 is 1.29 bits per heavy atom. The normalized spacial score (nSPS) is 17.0. The van der Waals surface area contributed by atoms with Crippen LogP contribution in [0.4, 0.5) is 0 Å². The van der Waals surface area contributed by atoms with Gasteiger partial charge in [0.15, 0.2) is 0 Å². The van der Waals surface area contributed by atoms with Crippen molar-refractivity contribution >= 4 is 10.0 Å². The number of nitrogens with one attached hydrogen (secondary N) is 1. The van der Waals surface area contributed by atoms with Gasteiger partial charge in [0.1, 0.15) is 0 Å². The first-order chi connectivity index (χ1) is 9.84. The van der Waals surface area contributed by atoms with E-state index in [0.717, 1.165) is 37.1 Å². The number of rotatable bonds is 5. The van der Waals surface area contributed by atoms with Gasteiger partial charge in [-0.1, -0.05) is 26.0 Å². The van der Waals surface area contributed by atoms with Crippen LogP contribution in [0.15, 0.2) is 23.1 Å². The molecule has 2 rings (SSSR count). The molecule has 5 heteroatoms. The second-order valence-electron chi connectivity index (χ2n) is 6.32. The molecule has 1 aliphatic heterocycles. The van der Waals surface area contributed by atoms with E-state index in [9.17, 15) is 8.42 Å². The third kappa shape index (κ3) is 3.47. The van der Waals surface area contributed by atoms with Gasteiger partial charge in [-0.25, -0.2) is 8.42 Å². The molecule has 1 atom stereocenters. The van der Waals surface area contributed by atoms with E-state index in [1.54, 1.807) is 13.1 Å². The zero-order valence-electron chi connectivity index (χ0n) is 13.4. The van der Waals surface area contributed by atoms with Gasteiger partial charge in [0, 0.05) is 19.6 Å². The Hall–Kier alpha value is -0.910. The molecule has 1 unspecified atom stereocenters. The molecule has 1 heterocycles. The number of nitrogens with zero attached hydrogens (tertiary/aromatic N) is 1. The molecule has 0 aliphatic carbocycles. The van der Waals surface area contributed by atoms with Crippen molar-refractivity contribution in [2.75, 3.05) is 13.6 Å². The molecule has 1 aliphatic rings. The van der Waals surface area contributed by atoms with Crippen molar-refractivity contribution in [3.05, 3.63) is 29.3 Å². The lowest BCUT2D eigenvalue weighted by Crippen LogP contribution is -2.37. The van der Waals surface area contributed by atoms with E-state index in [0.29, 0.717) is 10.8 Å². The molecule has 0 aromatic heterocycles. The number of hydrogen-bond acceptors (Lipinski definition) is 3. The number of hydrogen-bond donors (Lipinski definition) is 1. The fourth-order valence-electron chi connectivity index (χ4n) is 2.96. The molecule has 0 fully saturated rings. The minimum absolute atomic E-state index is 0.00701. The van der Waals surface area contributed by atoms with E-state index in [1.807, 2.05) is 19.1 Å². The number of fused-ring (bicyclic) bond motifs is 1. The number of benzene rings is 1. The summed E-state index contributed by atoms with van der Waals surface area (Å²) < 4.78 is 27.4. The Bertz CT molecular complexity index is 596. The molecule has 21 heavy (non-hydrogen) atoms. The molecule has 0 amide bonds. The Kier molecular flexibility index (Phi) is 5.07. The second kappa shape index (κ2) is 6.46. The first-order valence-corrected chi connectivity index (χ1v) is 9.07. The van der Waals surface area contributed by atoms with Crippen LogP contribution in [0.1, 0.15) is 38.3 Å². The minimum atomic E-state index is -3.42. The van der Waals surface area contributed by atoms with Crippen LogP contribution in [0.5, 0.6) is 0 Å². The van der Waals surface area contributed by atoms with Gasteiger partial charge in [0.05, 0.1) is 4.90 Å². The summed E-state index contributed by atoms with van der Waals surface area (Å²) in [6, 6.07) is 5.61. The molecule has 118 valence electrons. The Labute approximate surface area is 128 Å². The van der Waals surface area contributed by atoms with Gasteiger partial charge in [-0.05, 0) is 49.4 Å². The highest BCUT2D eigenvalue weighted by atomic mass is 32.2. The van der Waals surface area contributed by atoms with Gasteiger partial charge >= 0.3 is 0 Å². The molecule has 0 saturated carbocycles. The summed E-state index contributed by atoms with van der Waals surface area (Å²) >= 11 is 0. The average molecular weight is 310 g/mol. The van der Waals surface area contributed by atoms with Crippen LogP contribution in [0, 0.1) is 5.92 Å². The SMILES string of the molecule is CC(C)CC(C)N(C)S(=O)(=O)c1cccc2c1CCNC2. The van der Waals surface area contributed by atoms with E-state index in [-0.39, 0.29) is 6.04 Å². The van der Waals surface area contributed by atoms with Gasteiger partial charge < -0.3 is 5.32 Å². The molecule has 0 saturated heterocycles. The van der Waals surface area contributed by atoms with Crippen molar-refractivity contribution in [1.29, 1.82) is 0 Å². The van der Waals surface area contributed by atoms with Crippen molar-refractivity contribution in [3.63, 3.8) is 0 Å². The lowest BCUT2D eigenvalue weighted by atomic mass is 10.0. The fourth-order valence-corrected chi connectivity index (χ4v) is 4.63. The summed E-state index contributed by atoms with van der Waals surface area (Å²) in [4.78, 5) is 0.486. The van der Waals surface area contributed by atoms with Gasteiger partial charge in [-0.15, -0.1) is 0 Å².